The Balaban J connectivity index is 1.68. The highest BCUT2D eigenvalue weighted by Gasteiger charge is 2.25. The van der Waals surface area contributed by atoms with Gasteiger partial charge in [-0.3, -0.25) is 9.78 Å². The third-order valence-electron chi connectivity index (χ3n) is 5.88. The number of nitrogens with zero attached hydrogens (tertiary/aromatic N) is 6. The number of halogens is 1. The second-order valence-corrected chi connectivity index (χ2v) is 8.62. The minimum absolute atomic E-state index is 0.137. The van der Waals surface area contributed by atoms with Crippen molar-refractivity contribution in [2.45, 2.75) is 32.4 Å². The molecule has 174 valence electrons. The molecular formula is C25H25FN6O2. The molecule has 0 radical (unpaired) electrons. The molecule has 1 fully saturated rings. The molecule has 34 heavy (non-hydrogen) atoms. The molecule has 1 atom stereocenters. The summed E-state index contributed by atoms with van der Waals surface area (Å²) in [5.41, 5.74) is 2.36. The summed E-state index contributed by atoms with van der Waals surface area (Å²) in [7, 11) is 3.69. The monoisotopic (exact) mass is 460 g/mol. The fourth-order valence-corrected chi connectivity index (χ4v) is 4.24. The Morgan fingerprint density at radius 3 is 2.85 bits per heavy atom. The van der Waals surface area contributed by atoms with Gasteiger partial charge in [-0.2, -0.15) is 5.10 Å². The minimum atomic E-state index is -0.487. The summed E-state index contributed by atoms with van der Waals surface area (Å²) in [6.45, 7) is 2.45. The van der Waals surface area contributed by atoms with Gasteiger partial charge in [-0.1, -0.05) is 0 Å². The highest BCUT2D eigenvalue weighted by atomic mass is 19.1. The number of benzene rings is 1. The lowest BCUT2D eigenvalue weighted by atomic mass is 10.0. The van der Waals surface area contributed by atoms with E-state index < -0.39 is 5.82 Å². The summed E-state index contributed by atoms with van der Waals surface area (Å²) in [6, 6.07) is 6.42. The first kappa shape index (κ1) is 22.1. The van der Waals surface area contributed by atoms with E-state index in [-0.39, 0.29) is 23.2 Å². The lowest BCUT2D eigenvalue weighted by molar-refractivity contribution is -0.0391. The van der Waals surface area contributed by atoms with Crippen molar-refractivity contribution in [2.24, 2.45) is 4.99 Å². The second-order valence-electron chi connectivity index (χ2n) is 8.62. The van der Waals surface area contributed by atoms with E-state index in [2.05, 4.69) is 20.1 Å². The Bertz CT molecular complexity index is 1420. The number of aromatic nitrogens is 4. The molecule has 0 bridgehead atoms. The van der Waals surface area contributed by atoms with Gasteiger partial charge in [0.05, 0.1) is 17.5 Å². The number of aryl methyl sites for hydroxylation is 1. The van der Waals surface area contributed by atoms with E-state index in [0.29, 0.717) is 34.5 Å². The Morgan fingerprint density at radius 2 is 2.09 bits per heavy atom. The normalized spacial score (nSPS) is 16.5. The van der Waals surface area contributed by atoms with Crippen molar-refractivity contribution in [3.05, 3.63) is 59.4 Å². The molecular weight excluding hydrogens is 435 g/mol. The van der Waals surface area contributed by atoms with Gasteiger partial charge in [-0.15, -0.1) is 0 Å². The van der Waals surface area contributed by atoms with Gasteiger partial charge in [0.2, 0.25) is 5.78 Å². The first-order valence-electron chi connectivity index (χ1n) is 11.2. The zero-order chi connectivity index (χ0) is 23.8. The van der Waals surface area contributed by atoms with Gasteiger partial charge < -0.3 is 9.64 Å². The summed E-state index contributed by atoms with van der Waals surface area (Å²) in [4.78, 5) is 29.2. The molecule has 1 aliphatic heterocycles. The number of carbonyl (C=O) groups is 1. The van der Waals surface area contributed by atoms with Crippen LogP contribution in [-0.2, 0) is 4.74 Å². The van der Waals surface area contributed by atoms with Crippen LogP contribution in [-0.4, -0.2) is 57.5 Å². The van der Waals surface area contributed by atoms with Crippen LogP contribution in [0, 0.1) is 12.7 Å². The molecule has 8 nitrogen and oxygen atoms in total. The van der Waals surface area contributed by atoms with E-state index in [1.807, 2.05) is 27.1 Å². The fourth-order valence-electron chi connectivity index (χ4n) is 4.24. The average Bonchev–Trinajstić information content (AvgIpc) is 3.30. The van der Waals surface area contributed by atoms with Gasteiger partial charge in [0, 0.05) is 49.4 Å². The summed E-state index contributed by atoms with van der Waals surface area (Å²) in [5.74, 6) is -0.840. The molecule has 0 amide bonds. The Kier molecular flexibility index (Phi) is 5.79. The molecule has 1 saturated heterocycles. The van der Waals surface area contributed by atoms with Gasteiger partial charge in [0.25, 0.3) is 0 Å². The van der Waals surface area contributed by atoms with Crippen LogP contribution in [0.4, 0.5) is 10.1 Å². The Hall–Kier alpha value is -3.72. The van der Waals surface area contributed by atoms with E-state index in [1.165, 1.54) is 12.1 Å². The van der Waals surface area contributed by atoms with Gasteiger partial charge in [0.15, 0.2) is 5.82 Å². The zero-order valence-electron chi connectivity index (χ0n) is 19.3. The molecule has 9 heteroatoms. The van der Waals surface area contributed by atoms with E-state index in [9.17, 15) is 9.18 Å². The van der Waals surface area contributed by atoms with E-state index in [4.69, 9.17) is 4.74 Å². The van der Waals surface area contributed by atoms with Crippen LogP contribution >= 0.6 is 0 Å². The van der Waals surface area contributed by atoms with Crippen LogP contribution < -0.4 is 0 Å². The smallest absolute Gasteiger partial charge is 0.214 e. The third kappa shape index (κ3) is 3.92. The maximum absolute atomic E-state index is 14.7. The van der Waals surface area contributed by atoms with Crippen LogP contribution in [0.3, 0.4) is 0 Å². The van der Waals surface area contributed by atoms with E-state index in [0.717, 1.165) is 24.6 Å². The van der Waals surface area contributed by atoms with Crippen LogP contribution in [0.25, 0.3) is 21.8 Å². The molecule has 3 aromatic heterocycles. The van der Waals surface area contributed by atoms with Crippen molar-refractivity contribution in [2.75, 3.05) is 20.7 Å². The van der Waals surface area contributed by atoms with Gasteiger partial charge in [-0.05, 0) is 50.5 Å². The zero-order valence-corrected chi connectivity index (χ0v) is 19.3. The lowest BCUT2D eigenvalue weighted by Gasteiger charge is -2.22. The van der Waals surface area contributed by atoms with Gasteiger partial charge in [-0.25, -0.2) is 19.0 Å². The molecule has 0 spiro atoms. The maximum Gasteiger partial charge on any atom is 0.214 e. The summed E-state index contributed by atoms with van der Waals surface area (Å²) < 4.78 is 22.1. The van der Waals surface area contributed by atoms with Crippen LogP contribution in [0.2, 0.25) is 0 Å². The standard InChI is InChI=1S/C25H25FN6O2/c1-15-21-17(7-6-11-27-21)23(28-14-31(2)3)24(29-15)25(33)16-9-10-19(26)22-18(16)13-32(30-22)20-8-4-5-12-34-20/h6-7,9-11,13-14,20H,4-5,8,12H2,1-3H3. The number of ether oxygens (including phenoxy) is 1. The Labute approximate surface area is 196 Å². The highest BCUT2D eigenvalue weighted by molar-refractivity contribution is 6.19. The third-order valence-corrected chi connectivity index (χ3v) is 5.88. The SMILES string of the molecule is Cc1nc(C(=O)c2ccc(F)c3nn(C4CCCCO4)cc23)c(N=CN(C)C)c2cccnc12. The molecule has 1 unspecified atom stereocenters. The van der Waals surface area contributed by atoms with Gasteiger partial charge >= 0.3 is 0 Å². The summed E-state index contributed by atoms with van der Waals surface area (Å²) in [6.07, 6.45) is 7.53. The maximum atomic E-state index is 14.7. The predicted octanol–water partition coefficient (Wildman–Crippen LogP) is 4.58. The number of pyridine rings is 2. The number of ketones is 1. The van der Waals surface area contributed by atoms with Crippen molar-refractivity contribution in [3.63, 3.8) is 0 Å². The van der Waals surface area contributed by atoms with Crippen molar-refractivity contribution in [1.82, 2.24) is 24.6 Å². The fraction of sp³-hybridized carbons (Fsp3) is 0.320. The number of hydrogen-bond donors (Lipinski definition) is 0. The molecule has 4 heterocycles. The topological polar surface area (TPSA) is 85.5 Å². The molecule has 5 rings (SSSR count). The summed E-state index contributed by atoms with van der Waals surface area (Å²) in [5, 5.41) is 5.57. The molecule has 0 aliphatic carbocycles. The first-order valence-corrected chi connectivity index (χ1v) is 11.2. The van der Waals surface area contributed by atoms with Gasteiger partial charge in [0.1, 0.15) is 23.1 Å². The van der Waals surface area contributed by atoms with Crippen molar-refractivity contribution < 1.29 is 13.9 Å². The summed E-state index contributed by atoms with van der Waals surface area (Å²) >= 11 is 0. The first-order chi connectivity index (χ1) is 16.4. The van der Waals surface area contributed by atoms with E-state index >= 15 is 0 Å². The van der Waals surface area contributed by atoms with Crippen LogP contribution in [0.15, 0.2) is 41.7 Å². The number of aliphatic imine (C=N–C) groups is 1. The molecule has 1 aliphatic rings. The molecule has 0 saturated carbocycles. The van der Waals surface area contributed by atoms with Crippen molar-refractivity contribution in [1.29, 1.82) is 0 Å². The predicted molar refractivity (Wildman–Crippen MR) is 128 cm³/mol. The number of carbonyl (C=O) groups excluding carboxylic acids is 1. The van der Waals surface area contributed by atoms with Crippen molar-refractivity contribution in [3.8, 4) is 0 Å². The van der Waals surface area contributed by atoms with E-state index in [1.54, 1.807) is 34.4 Å². The number of fused-ring (bicyclic) bond motifs is 2. The Morgan fingerprint density at radius 1 is 1.24 bits per heavy atom. The minimum Gasteiger partial charge on any atom is -0.369 e. The second kappa shape index (κ2) is 8.90. The van der Waals surface area contributed by atoms with Crippen molar-refractivity contribution >= 4 is 39.6 Å². The largest absolute Gasteiger partial charge is 0.369 e. The number of hydrogen-bond acceptors (Lipinski definition) is 6. The molecule has 0 N–H and O–H groups in total. The average molecular weight is 461 g/mol. The highest BCUT2D eigenvalue weighted by Crippen LogP contribution is 2.33. The lowest BCUT2D eigenvalue weighted by Crippen LogP contribution is -2.18. The molecule has 4 aromatic rings. The van der Waals surface area contributed by atoms with Crippen LogP contribution in [0.1, 0.15) is 47.2 Å². The molecule has 1 aromatic carbocycles. The number of rotatable bonds is 5. The quantitative estimate of drug-likeness (QED) is 0.246. The van der Waals surface area contributed by atoms with Crippen LogP contribution in [0.5, 0.6) is 0 Å².